The zero-order valence-electron chi connectivity index (χ0n) is 10.7. The van der Waals surface area contributed by atoms with Crippen molar-refractivity contribution in [3.8, 4) is 0 Å². The van der Waals surface area contributed by atoms with Crippen molar-refractivity contribution in [1.82, 2.24) is 5.32 Å². The van der Waals surface area contributed by atoms with E-state index in [4.69, 9.17) is 5.73 Å². The van der Waals surface area contributed by atoms with Gasteiger partial charge in [0.2, 0.25) is 5.91 Å². The van der Waals surface area contributed by atoms with Crippen molar-refractivity contribution in [2.45, 2.75) is 13.3 Å². The molecule has 0 aliphatic rings. The first kappa shape index (κ1) is 17.3. The zero-order chi connectivity index (χ0) is 13.5. The van der Waals surface area contributed by atoms with Crippen molar-refractivity contribution in [3.63, 3.8) is 0 Å². The van der Waals surface area contributed by atoms with Gasteiger partial charge in [-0.3, -0.25) is 14.9 Å². The number of nitro benzene ring substituents is 1. The second kappa shape index (κ2) is 8.44. The Morgan fingerprint density at radius 3 is 2.47 bits per heavy atom. The Kier molecular flexibility index (Phi) is 7.71. The van der Waals surface area contributed by atoms with Crippen LogP contribution in [0.5, 0.6) is 0 Å². The van der Waals surface area contributed by atoms with E-state index in [1.54, 1.807) is 19.1 Å². The summed E-state index contributed by atoms with van der Waals surface area (Å²) < 4.78 is 0. The van der Waals surface area contributed by atoms with Crippen LogP contribution in [0.3, 0.4) is 0 Å². The summed E-state index contributed by atoms with van der Waals surface area (Å²) in [5.74, 6) is -0.263. The minimum Gasteiger partial charge on any atom is -0.355 e. The van der Waals surface area contributed by atoms with E-state index in [1.807, 2.05) is 0 Å². The van der Waals surface area contributed by atoms with Crippen LogP contribution in [0.1, 0.15) is 12.5 Å². The third-order valence-electron chi connectivity index (χ3n) is 2.66. The molecule has 106 valence electrons. The van der Waals surface area contributed by atoms with Crippen LogP contribution in [-0.4, -0.2) is 23.9 Å². The van der Waals surface area contributed by atoms with Crippen LogP contribution in [0.4, 0.5) is 5.69 Å². The zero-order valence-corrected chi connectivity index (χ0v) is 11.5. The summed E-state index contributed by atoms with van der Waals surface area (Å²) in [6.45, 7) is 2.59. The van der Waals surface area contributed by atoms with Crippen LogP contribution in [-0.2, 0) is 11.2 Å². The second-order valence-corrected chi connectivity index (χ2v) is 4.10. The first-order chi connectivity index (χ1) is 8.54. The number of non-ortho nitro benzene ring substituents is 1. The molecule has 0 heterocycles. The number of hydrogen-bond donors (Lipinski definition) is 2. The molecule has 0 saturated carbocycles. The Bertz CT molecular complexity index is 423. The van der Waals surface area contributed by atoms with Gasteiger partial charge in [-0.15, -0.1) is 12.4 Å². The molecule has 1 unspecified atom stereocenters. The summed E-state index contributed by atoms with van der Waals surface area (Å²) in [6, 6.07) is 6.30. The highest BCUT2D eigenvalue weighted by atomic mass is 35.5. The average Bonchev–Trinajstić information content (AvgIpc) is 2.38. The van der Waals surface area contributed by atoms with Crippen molar-refractivity contribution in [1.29, 1.82) is 0 Å². The molecule has 1 atom stereocenters. The van der Waals surface area contributed by atoms with E-state index in [0.29, 0.717) is 19.5 Å². The van der Waals surface area contributed by atoms with Crippen LogP contribution in [0, 0.1) is 16.0 Å². The van der Waals surface area contributed by atoms with Gasteiger partial charge in [0.15, 0.2) is 0 Å². The lowest BCUT2D eigenvalue weighted by Gasteiger charge is -2.09. The first-order valence-corrected chi connectivity index (χ1v) is 5.75. The van der Waals surface area contributed by atoms with Gasteiger partial charge in [-0.1, -0.05) is 19.1 Å². The Morgan fingerprint density at radius 2 is 2.00 bits per heavy atom. The second-order valence-electron chi connectivity index (χ2n) is 4.10. The van der Waals surface area contributed by atoms with E-state index in [-0.39, 0.29) is 29.9 Å². The lowest BCUT2D eigenvalue weighted by molar-refractivity contribution is -0.384. The number of carbonyl (C=O) groups excluding carboxylic acids is 1. The number of nitrogens with two attached hydrogens (primary N) is 1. The van der Waals surface area contributed by atoms with E-state index in [2.05, 4.69) is 5.32 Å². The Hall–Kier alpha value is -1.66. The maximum absolute atomic E-state index is 11.4. The molecule has 1 amide bonds. The number of halogens is 1. The molecule has 0 aromatic heterocycles. The highest BCUT2D eigenvalue weighted by Crippen LogP contribution is 2.11. The number of nitro groups is 1. The molecular formula is C12H18ClN3O3. The number of hydrogen-bond acceptors (Lipinski definition) is 4. The van der Waals surface area contributed by atoms with Crippen LogP contribution in [0.2, 0.25) is 0 Å². The normalized spacial score (nSPS) is 11.3. The van der Waals surface area contributed by atoms with E-state index >= 15 is 0 Å². The molecule has 6 nitrogen and oxygen atoms in total. The van der Waals surface area contributed by atoms with Gasteiger partial charge in [-0.05, 0) is 12.0 Å². The monoisotopic (exact) mass is 287 g/mol. The van der Waals surface area contributed by atoms with E-state index < -0.39 is 4.92 Å². The standard InChI is InChI=1S/C12H17N3O3.ClH/c1-9(8-13)12(16)14-7-6-10-2-4-11(5-3-10)15(17)18;/h2-5,9H,6-8,13H2,1H3,(H,14,16);1H. The molecule has 1 rings (SSSR count). The molecule has 0 spiro atoms. The molecular weight excluding hydrogens is 270 g/mol. The third-order valence-corrected chi connectivity index (χ3v) is 2.66. The molecule has 0 radical (unpaired) electrons. The summed E-state index contributed by atoms with van der Waals surface area (Å²) >= 11 is 0. The van der Waals surface area contributed by atoms with E-state index in [0.717, 1.165) is 5.56 Å². The number of rotatable bonds is 6. The molecule has 19 heavy (non-hydrogen) atoms. The van der Waals surface area contributed by atoms with Crippen molar-refractivity contribution in [2.75, 3.05) is 13.1 Å². The van der Waals surface area contributed by atoms with Crippen molar-refractivity contribution >= 4 is 24.0 Å². The summed E-state index contributed by atoms with van der Waals surface area (Å²) in [6.07, 6.45) is 0.640. The smallest absolute Gasteiger partial charge is 0.269 e. The largest absolute Gasteiger partial charge is 0.355 e. The molecule has 0 aliphatic heterocycles. The van der Waals surface area contributed by atoms with Crippen LogP contribution in [0.25, 0.3) is 0 Å². The highest BCUT2D eigenvalue weighted by molar-refractivity contribution is 5.85. The Morgan fingerprint density at radius 1 is 1.42 bits per heavy atom. The molecule has 0 bridgehead atoms. The minimum absolute atomic E-state index is 0. The van der Waals surface area contributed by atoms with Gasteiger partial charge >= 0.3 is 0 Å². The number of carbonyl (C=O) groups is 1. The first-order valence-electron chi connectivity index (χ1n) is 5.75. The van der Waals surface area contributed by atoms with Gasteiger partial charge in [0.05, 0.1) is 4.92 Å². The summed E-state index contributed by atoms with van der Waals surface area (Å²) in [7, 11) is 0. The van der Waals surface area contributed by atoms with E-state index in [1.165, 1.54) is 12.1 Å². The third kappa shape index (κ3) is 5.67. The molecule has 0 aliphatic carbocycles. The van der Waals surface area contributed by atoms with Gasteiger partial charge in [-0.25, -0.2) is 0 Å². The summed E-state index contributed by atoms with van der Waals surface area (Å²) in [4.78, 5) is 21.5. The fraction of sp³-hybridized carbons (Fsp3) is 0.417. The fourth-order valence-electron chi connectivity index (χ4n) is 1.40. The Balaban J connectivity index is 0.00000324. The fourth-order valence-corrected chi connectivity index (χ4v) is 1.40. The van der Waals surface area contributed by atoms with E-state index in [9.17, 15) is 14.9 Å². The van der Waals surface area contributed by atoms with Crippen molar-refractivity contribution < 1.29 is 9.72 Å². The number of nitrogens with zero attached hydrogens (tertiary/aromatic N) is 1. The molecule has 3 N–H and O–H groups in total. The molecule has 0 saturated heterocycles. The maximum Gasteiger partial charge on any atom is 0.269 e. The summed E-state index contributed by atoms with van der Waals surface area (Å²) in [5, 5.41) is 13.2. The topological polar surface area (TPSA) is 98.3 Å². The number of benzene rings is 1. The lowest BCUT2D eigenvalue weighted by atomic mass is 10.1. The number of nitrogens with one attached hydrogen (secondary N) is 1. The van der Waals surface area contributed by atoms with Crippen LogP contribution in [0.15, 0.2) is 24.3 Å². The molecule has 0 fully saturated rings. The summed E-state index contributed by atoms with van der Waals surface area (Å²) in [5.41, 5.74) is 6.39. The van der Waals surface area contributed by atoms with Gasteiger partial charge < -0.3 is 11.1 Å². The molecule has 1 aromatic rings. The molecule has 7 heteroatoms. The lowest BCUT2D eigenvalue weighted by Crippen LogP contribution is -2.34. The quantitative estimate of drug-likeness (QED) is 0.608. The van der Waals surface area contributed by atoms with Gasteiger partial charge in [0.1, 0.15) is 0 Å². The predicted molar refractivity (Wildman–Crippen MR) is 75.3 cm³/mol. The Labute approximate surface area is 117 Å². The van der Waals surface area contributed by atoms with Crippen molar-refractivity contribution in [3.05, 3.63) is 39.9 Å². The van der Waals surface area contributed by atoms with Crippen molar-refractivity contribution in [2.24, 2.45) is 11.7 Å². The number of amides is 1. The highest BCUT2D eigenvalue weighted by Gasteiger charge is 2.09. The predicted octanol–water partition coefficient (Wildman–Crippen LogP) is 1.27. The van der Waals surface area contributed by atoms with Gasteiger partial charge in [0.25, 0.3) is 5.69 Å². The molecule has 1 aromatic carbocycles. The average molecular weight is 288 g/mol. The van der Waals surface area contributed by atoms with Crippen LogP contribution >= 0.6 is 12.4 Å². The minimum atomic E-state index is -0.436. The SMILES string of the molecule is CC(CN)C(=O)NCCc1ccc([N+](=O)[O-])cc1.Cl. The van der Waals surface area contributed by atoms with Crippen LogP contribution < -0.4 is 11.1 Å². The maximum atomic E-state index is 11.4. The van der Waals surface area contributed by atoms with Gasteiger partial charge in [-0.2, -0.15) is 0 Å². The van der Waals surface area contributed by atoms with Gasteiger partial charge in [0, 0.05) is 31.1 Å².